The molecule has 0 amide bonds. The molecule has 0 radical (unpaired) electrons. The average molecular weight is 243 g/mol. The van der Waals surface area contributed by atoms with Crippen molar-refractivity contribution in [2.45, 2.75) is 31.8 Å². The molecule has 0 aliphatic carbocycles. The Kier molecular flexibility index (Phi) is 5.50. The van der Waals surface area contributed by atoms with Gasteiger partial charge in [0.2, 0.25) is 0 Å². The molecule has 0 aliphatic rings. The molecule has 0 fully saturated rings. The molecule has 1 nitrogen and oxygen atoms in total. The maximum absolute atomic E-state index is 13.4. The molecule has 0 aliphatic heterocycles. The summed E-state index contributed by atoms with van der Waals surface area (Å²) in [6.07, 6.45) is 3.88. The van der Waals surface area contributed by atoms with Gasteiger partial charge in [-0.2, -0.15) is 0 Å². The zero-order chi connectivity index (χ0) is 12.0. The number of unbranched alkanes of at least 4 members (excludes halogenated alkanes) is 1. The van der Waals surface area contributed by atoms with Crippen molar-refractivity contribution in [2.24, 2.45) is 0 Å². The summed E-state index contributed by atoms with van der Waals surface area (Å²) in [5.41, 5.74) is 0.398. The Hall–Kier alpha value is -0.860. The van der Waals surface area contributed by atoms with Gasteiger partial charge in [0.15, 0.2) is 0 Å². The van der Waals surface area contributed by atoms with Crippen LogP contribution in [0.25, 0.3) is 0 Å². The molecule has 1 N–H and O–H groups in total. The van der Waals surface area contributed by atoms with E-state index in [1.807, 2.05) is 6.08 Å². The Balaban J connectivity index is 2.55. The number of allylic oxidation sites excluding steroid dienone is 1. The molecule has 0 saturated heterocycles. The van der Waals surface area contributed by atoms with Gasteiger partial charge in [-0.3, -0.25) is 0 Å². The highest BCUT2D eigenvalue weighted by molar-refractivity contribution is 6.31. The van der Waals surface area contributed by atoms with Crippen molar-refractivity contribution in [3.8, 4) is 0 Å². The minimum Gasteiger partial charge on any atom is -0.393 e. The molecule has 1 unspecified atom stereocenters. The fourth-order valence-electron chi connectivity index (χ4n) is 1.56. The molecule has 0 aromatic heterocycles. The van der Waals surface area contributed by atoms with Gasteiger partial charge in [-0.1, -0.05) is 23.7 Å². The predicted octanol–water partition coefficient (Wildman–Crippen LogP) is 3.74. The van der Waals surface area contributed by atoms with Gasteiger partial charge in [-0.25, -0.2) is 4.39 Å². The topological polar surface area (TPSA) is 20.2 Å². The number of aliphatic hydroxyl groups is 1. The van der Waals surface area contributed by atoms with Crippen LogP contribution in [0.4, 0.5) is 4.39 Å². The van der Waals surface area contributed by atoms with Crippen molar-refractivity contribution in [3.63, 3.8) is 0 Å². The van der Waals surface area contributed by atoms with Crippen molar-refractivity contribution < 1.29 is 9.50 Å². The van der Waals surface area contributed by atoms with E-state index < -0.39 is 6.10 Å². The van der Waals surface area contributed by atoms with E-state index in [0.717, 1.165) is 12.8 Å². The van der Waals surface area contributed by atoms with Crippen LogP contribution < -0.4 is 0 Å². The first-order valence-corrected chi connectivity index (χ1v) is 5.74. The molecule has 0 bridgehead atoms. The van der Waals surface area contributed by atoms with Crippen LogP contribution in [0.2, 0.25) is 5.02 Å². The normalized spacial score (nSPS) is 12.4. The highest BCUT2D eigenvalue weighted by atomic mass is 35.5. The first-order chi connectivity index (χ1) is 7.65. The second kappa shape index (κ2) is 6.66. The second-order valence-corrected chi connectivity index (χ2v) is 4.18. The van der Waals surface area contributed by atoms with E-state index in [0.29, 0.717) is 17.0 Å². The van der Waals surface area contributed by atoms with Crippen molar-refractivity contribution in [1.29, 1.82) is 0 Å². The number of rotatable bonds is 6. The summed E-state index contributed by atoms with van der Waals surface area (Å²) < 4.78 is 13.4. The lowest BCUT2D eigenvalue weighted by molar-refractivity contribution is 0.161. The number of hydrogen-bond donors (Lipinski definition) is 1. The monoisotopic (exact) mass is 242 g/mol. The SMILES string of the molecule is C=CCCCC(O)Cc1c(F)cccc1Cl. The number of benzene rings is 1. The maximum atomic E-state index is 13.4. The highest BCUT2D eigenvalue weighted by Gasteiger charge is 2.12. The Labute approximate surface area is 101 Å². The summed E-state index contributed by atoms with van der Waals surface area (Å²) in [5.74, 6) is -0.352. The lowest BCUT2D eigenvalue weighted by Gasteiger charge is -2.11. The standard InChI is InChI=1S/C13H16ClFO/c1-2-3-4-6-10(16)9-11-12(14)7-5-8-13(11)15/h2,5,7-8,10,16H,1,3-4,6,9H2. The maximum Gasteiger partial charge on any atom is 0.127 e. The summed E-state index contributed by atoms with van der Waals surface area (Å²) in [5, 5.41) is 10.1. The molecule has 16 heavy (non-hydrogen) atoms. The zero-order valence-corrected chi connectivity index (χ0v) is 9.88. The second-order valence-electron chi connectivity index (χ2n) is 3.78. The van der Waals surface area contributed by atoms with Gasteiger partial charge in [-0.15, -0.1) is 6.58 Å². The van der Waals surface area contributed by atoms with Crippen molar-refractivity contribution in [2.75, 3.05) is 0 Å². The third kappa shape index (κ3) is 3.95. The van der Waals surface area contributed by atoms with E-state index in [1.165, 1.54) is 6.07 Å². The number of hydrogen-bond acceptors (Lipinski definition) is 1. The third-order valence-corrected chi connectivity index (χ3v) is 2.80. The number of aliphatic hydroxyl groups excluding tert-OH is 1. The fourth-order valence-corrected chi connectivity index (χ4v) is 1.80. The zero-order valence-electron chi connectivity index (χ0n) is 9.13. The minimum absolute atomic E-state index is 0.267. The van der Waals surface area contributed by atoms with Crippen LogP contribution in [0.3, 0.4) is 0 Å². The van der Waals surface area contributed by atoms with Crippen LogP contribution in [0.1, 0.15) is 24.8 Å². The summed E-state index contributed by atoms with van der Waals surface area (Å²) >= 11 is 5.87. The fraction of sp³-hybridized carbons (Fsp3) is 0.385. The largest absolute Gasteiger partial charge is 0.393 e. The molecule has 0 spiro atoms. The molecular formula is C13H16ClFO. The van der Waals surface area contributed by atoms with Gasteiger partial charge in [-0.05, 0) is 31.4 Å². The van der Waals surface area contributed by atoms with E-state index in [-0.39, 0.29) is 12.2 Å². The van der Waals surface area contributed by atoms with Crippen LogP contribution in [-0.4, -0.2) is 11.2 Å². The quantitative estimate of drug-likeness (QED) is 0.595. The Morgan fingerprint density at radius 3 is 2.88 bits per heavy atom. The lowest BCUT2D eigenvalue weighted by atomic mass is 10.0. The van der Waals surface area contributed by atoms with E-state index in [4.69, 9.17) is 11.6 Å². The van der Waals surface area contributed by atoms with Gasteiger partial charge >= 0.3 is 0 Å². The summed E-state index contributed by atoms with van der Waals surface area (Å²) in [6.45, 7) is 3.61. The summed E-state index contributed by atoms with van der Waals surface area (Å²) in [4.78, 5) is 0. The predicted molar refractivity (Wildman–Crippen MR) is 65.2 cm³/mol. The lowest BCUT2D eigenvalue weighted by Crippen LogP contribution is -2.11. The molecule has 88 valence electrons. The smallest absolute Gasteiger partial charge is 0.127 e. The summed E-state index contributed by atoms with van der Waals surface area (Å²) in [6, 6.07) is 4.55. The van der Waals surface area contributed by atoms with Crippen molar-refractivity contribution >= 4 is 11.6 Å². The van der Waals surface area contributed by atoms with Crippen molar-refractivity contribution in [3.05, 3.63) is 47.3 Å². The first-order valence-electron chi connectivity index (χ1n) is 5.37. The third-order valence-electron chi connectivity index (χ3n) is 2.45. The van der Waals surface area contributed by atoms with Gasteiger partial charge < -0.3 is 5.11 Å². The minimum atomic E-state index is -0.547. The molecule has 0 heterocycles. The van der Waals surface area contributed by atoms with Crippen LogP contribution in [0, 0.1) is 5.82 Å². The molecule has 1 rings (SSSR count). The average Bonchev–Trinajstić information content (AvgIpc) is 2.24. The molecular weight excluding hydrogens is 227 g/mol. The molecule has 3 heteroatoms. The van der Waals surface area contributed by atoms with Crippen molar-refractivity contribution in [1.82, 2.24) is 0 Å². The van der Waals surface area contributed by atoms with Crippen LogP contribution in [0.5, 0.6) is 0 Å². The van der Waals surface area contributed by atoms with E-state index in [9.17, 15) is 9.50 Å². The Bertz CT molecular complexity index is 332. The van der Waals surface area contributed by atoms with Gasteiger partial charge in [0.1, 0.15) is 5.82 Å². The Morgan fingerprint density at radius 1 is 1.50 bits per heavy atom. The van der Waals surface area contributed by atoms with E-state index in [2.05, 4.69) is 6.58 Å². The number of halogens is 2. The van der Waals surface area contributed by atoms with Crippen LogP contribution >= 0.6 is 11.6 Å². The van der Waals surface area contributed by atoms with Crippen LogP contribution in [-0.2, 0) is 6.42 Å². The summed E-state index contributed by atoms with van der Waals surface area (Å²) in [7, 11) is 0. The highest BCUT2D eigenvalue weighted by Crippen LogP contribution is 2.21. The molecule has 1 aromatic carbocycles. The molecule has 0 saturated carbocycles. The molecule has 1 aromatic rings. The van der Waals surface area contributed by atoms with Crippen LogP contribution in [0.15, 0.2) is 30.9 Å². The van der Waals surface area contributed by atoms with Gasteiger partial charge in [0.05, 0.1) is 6.10 Å². The Morgan fingerprint density at radius 2 is 2.25 bits per heavy atom. The van der Waals surface area contributed by atoms with E-state index >= 15 is 0 Å². The van der Waals surface area contributed by atoms with Gasteiger partial charge in [0, 0.05) is 17.0 Å². The first kappa shape index (κ1) is 13.2. The van der Waals surface area contributed by atoms with Gasteiger partial charge in [0.25, 0.3) is 0 Å². The van der Waals surface area contributed by atoms with E-state index in [1.54, 1.807) is 12.1 Å². The molecule has 1 atom stereocenters.